The number of carbonyl (C=O) groups is 2. The molecule has 0 aromatic heterocycles. The van der Waals surface area contributed by atoms with Gasteiger partial charge in [0.25, 0.3) is 5.91 Å². The molecule has 132 valence electrons. The fourth-order valence-corrected chi connectivity index (χ4v) is 2.40. The zero-order valence-electron chi connectivity index (χ0n) is 12.6. The second-order valence-electron chi connectivity index (χ2n) is 5.51. The van der Waals surface area contributed by atoms with Crippen LogP contribution in [-0.4, -0.2) is 42.3 Å². The van der Waals surface area contributed by atoms with Crippen LogP contribution < -0.4 is 10.1 Å². The lowest BCUT2D eigenvalue weighted by molar-refractivity contribution is -0.140. The summed E-state index contributed by atoms with van der Waals surface area (Å²) in [6.45, 7) is -0.00856. The Morgan fingerprint density at radius 2 is 1.96 bits per heavy atom. The van der Waals surface area contributed by atoms with E-state index in [0.29, 0.717) is 13.0 Å². The van der Waals surface area contributed by atoms with Gasteiger partial charge in [-0.1, -0.05) is 0 Å². The lowest BCUT2D eigenvalue weighted by Gasteiger charge is -2.26. The first-order valence-electron chi connectivity index (χ1n) is 7.11. The quantitative estimate of drug-likeness (QED) is 0.820. The Hall–Kier alpha value is -2.29. The van der Waals surface area contributed by atoms with Crippen LogP contribution in [0.4, 0.5) is 13.2 Å². The molecule has 0 aliphatic carbocycles. The normalized spacial score (nSPS) is 20.6. The molecule has 1 amide bonds. The van der Waals surface area contributed by atoms with Gasteiger partial charge in [-0.15, -0.1) is 0 Å². The van der Waals surface area contributed by atoms with Crippen molar-refractivity contribution in [3.8, 4) is 5.75 Å². The summed E-state index contributed by atoms with van der Waals surface area (Å²) >= 11 is 0. The van der Waals surface area contributed by atoms with E-state index in [-0.39, 0.29) is 18.8 Å². The molecule has 1 fully saturated rings. The molecule has 6 nitrogen and oxygen atoms in total. The number of hydrogen-bond acceptors (Lipinski definition) is 4. The molecule has 24 heavy (non-hydrogen) atoms. The highest BCUT2D eigenvalue weighted by Gasteiger charge is 2.38. The van der Waals surface area contributed by atoms with Crippen LogP contribution in [0.3, 0.4) is 0 Å². The molecule has 1 heterocycles. The highest BCUT2D eigenvalue weighted by Crippen LogP contribution is 2.30. The van der Waals surface area contributed by atoms with Gasteiger partial charge in [-0.25, -0.2) is 0 Å². The number of carboxylic acid groups (broad SMARTS) is 1. The van der Waals surface area contributed by atoms with E-state index in [9.17, 15) is 22.8 Å². The smallest absolute Gasteiger partial charge is 0.416 e. The molecule has 1 aromatic rings. The number of amides is 1. The molecule has 1 aliphatic rings. The highest BCUT2D eigenvalue weighted by atomic mass is 19.4. The van der Waals surface area contributed by atoms with Crippen LogP contribution in [-0.2, 0) is 20.5 Å². The zero-order chi connectivity index (χ0) is 17.8. The Morgan fingerprint density at radius 3 is 2.46 bits per heavy atom. The van der Waals surface area contributed by atoms with Gasteiger partial charge in [0.05, 0.1) is 24.1 Å². The third kappa shape index (κ3) is 4.85. The predicted molar refractivity (Wildman–Crippen MR) is 75.5 cm³/mol. The van der Waals surface area contributed by atoms with Crippen LogP contribution >= 0.6 is 0 Å². The number of hydrogen-bond donors (Lipinski definition) is 2. The number of carboxylic acids is 1. The average molecular weight is 347 g/mol. The Kier molecular flexibility index (Phi) is 5.33. The summed E-state index contributed by atoms with van der Waals surface area (Å²) in [5, 5.41) is 11.5. The van der Waals surface area contributed by atoms with Crippen molar-refractivity contribution in [1.82, 2.24) is 5.32 Å². The van der Waals surface area contributed by atoms with Crippen LogP contribution in [0.2, 0.25) is 0 Å². The number of benzene rings is 1. The number of alkyl halides is 3. The van der Waals surface area contributed by atoms with Crippen molar-refractivity contribution in [2.24, 2.45) is 0 Å². The van der Waals surface area contributed by atoms with Crippen molar-refractivity contribution in [3.05, 3.63) is 29.8 Å². The first kappa shape index (κ1) is 18.1. The molecule has 1 atom stereocenters. The van der Waals surface area contributed by atoms with E-state index in [4.69, 9.17) is 14.6 Å². The molecular weight excluding hydrogens is 331 g/mol. The lowest BCUT2D eigenvalue weighted by Crippen LogP contribution is -2.51. The van der Waals surface area contributed by atoms with Gasteiger partial charge in [0.15, 0.2) is 6.61 Å². The number of nitrogens with one attached hydrogen (secondary N) is 1. The average Bonchev–Trinajstić information content (AvgIpc) is 2.91. The Bertz CT molecular complexity index is 594. The van der Waals surface area contributed by atoms with E-state index in [1.807, 2.05) is 0 Å². The topological polar surface area (TPSA) is 84.9 Å². The van der Waals surface area contributed by atoms with Gasteiger partial charge in [-0.05, 0) is 30.7 Å². The number of rotatable bonds is 6. The van der Waals surface area contributed by atoms with Crippen molar-refractivity contribution in [3.63, 3.8) is 0 Å². The third-order valence-corrected chi connectivity index (χ3v) is 3.55. The highest BCUT2D eigenvalue weighted by molar-refractivity contribution is 5.79. The van der Waals surface area contributed by atoms with Gasteiger partial charge in [-0.2, -0.15) is 13.2 Å². The third-order valence-electron chi connectivity index (χ3n) is 3.55. The largest absolute Gasteiger partial charge is 0.484 e. The SMILES string of the molecule is O=C(O)CC1(NC(=O)COc2ccc(C(F)(F)F)cc2)CCOC1. The number of carbonyl (C=O) groups excluding carboxylic acids is 1. The molecular formula is C15H16F3NO5. The molecule has 1 unspecified atom stereocenters. The maximum absolute atomic E-state index is 12.4. The predicted octanol–water partition coefficient (Wildman–Crippen LogP) is 1.83. The fourth-order valence-electron chi connectivity index (χ4n) is 2.40. The second kappa shape index (κ2) is 7.08. The maximum atomic E-state index is 12.4. The molecule has 1 aromatic carbocycles. The van der Waals surface area contributed by atoms with Crippen molar-refractivity contribution < 1.29 is 37.3 Å². The van der Waals surface area contributed by atoms with Gasteiger partial charge in [0.1, 0.15) is 5.75 Å². The minimum atomic E-state index is -4.44. The first-order valence-corrected chi connectivity index (χ1v) is 7.11. The van der Waals surface area contributed by atoms with Crippen molar-refractivity contribution in [2.45, 2.75) is 24.6 Å². The van der Waals surface area contributed by atoms with Crippen molar-refractivity contribution >= 4 is 11.9 Å². The molecule has 1 aliphatic heterocycles. The molecule has 1 saturated heterocycles. The molecule has 0 saturated carbocycles. The summed E-state index contributed by atoms with van der Waals surface area (Å²) in [5.41, 5.74) is -1.80. The molecule has 9 heteroatoms. The Morgan fingerprint density at radius 1 is 1.29 bits per heavy atom. The van der Waals surface area contributed by atoms with Gasteiger partial charge in [0.2, 0.25) is 0 Å². The fraction of sp³-hybridized carbons (Fsp3) is 0.467. The van der Waals surface area contributed by atoms with Crippen LogP contribution in [0, 0.1) is 0 Å². The van der Waals surface area contributed by atoms with Crippen LogP contribution in [0.5, 0.6) is 5.75 Å². The summed E-state index contributed by atoms with van der Waals surface area (Å²) in [5.74, 6) is -1.53. The number of halogens is 3. The molecule has 2 N–H and O–H groups in total. The van der Waals surface area contributed by atoms with Crippen LogP contribution in [0.15, 0.2) is 24.3 Å². The van der Waals surface area contributed by atoms with Crippen LogP contribution in [0.1, 0.15) is 18.4 Å². The minimum Gasteiger partial charge on any atom is -0.484 e. The second-order valence-corrected chi connectivity index (χ2v) is 5.51. The lowest BCUT2D eigenvalue weighted by atomic mass is 9.94. The standard InChI is InChI=1S/C15H16F3NO5/c16-15(17,18)10-1-3-11(4-2-10)24-8-12(20)19-14(7-13(21)22)5-6-23-9-14/h1-4H,5-9H2,(H,19,20)(H,21,22). The van der Waals surface area contributed by atoms with E-state index in [1.54, 1.807) is 0 Å². The summed E-state index contributed by atoms with van der Waals surface area (Å²) < 4.78 is 47.6. The van der Waals surface area contributed by atoms with Gasteiger partial charge in [-0.3, -0.25) is 9.59 Å². The minimum absolute atomic E-state index is 0.0886. The van der Waals surface area contributed by atoms with E-state index in [2.05, 4.69) is 5.32 Å². The summed E-state index contributed by atoms with van der Waals surface area (Å²) in [4.78, 5) is 22.8. The maximum Gasteiger partial charge on any atom is 0.416 e. The van der Waals surface area contributed by atoms with E-state index in [0.717, 1.165) is 24.3 Å². The summed E-state index contributed by atoms with van der Waals surface area (Å²) in [6, 6.07) is 3.93. The zero-order valence-corrected chi connectivity index (χ0v) is 12.6. The molecule has 0 spiro atoms. The van der Waals surface area contributed by atoms with E-state index >= 15 is 0 Å². The number of ether oxygens (including phenoxy) is 2. The molecule has 2 rings (SSSR count). The van der Waals surface area contributed by atoms with Gasteiger partial charge >= 0.3 is 12.1 Å². The van der Waals surface area contributed by atoms with E-state index in [1.165, 1.54) is 0 Å². The summed E-state index contributed by atoms with van der Waals surface area (Å²) in [6.07, 6.45) is -4.36. The van der Waals surface area contributed by atoms with Gasteiger partial charge in [0, 0.05) is 6.61 Å². The molecule has 0 radical (unpaired) electrons. The number of aliphatic carboxylic acids is 1. The van der Waals surface area contributed by atoms with E-state index < -0.39 is 35.8 Å². The summed E-state index contributed by atoms with van der Waals surface area (Å²) in [7, 11) is 0. The van der Waals surface area contributed by atoms with Gasteiger partial charge < -0.3 is 19.9 Å². The monoisotopic (exact) mass is 347 g/mol. The van der Waals surface area contributed by atoms with Crippen molar-refractivity contribution in [1.29, 1.82) is 0 Å². The first-order chi connectivity index (χ1) is 11.2. The van der Waals surface area contributed by atoms with Crippen molar-refractivity contribution in [2.75, 3.05) is 19.8 Å². The molecule has 0 bridgehead atoms. The Labute approximate surface area is 135 Å². The Balaban J connectivity index is 1.89. The van der Waals surface area contributed by atoms with Crippen LogP contribution in [0.25, 0.3) is 0 Å².